The molecular weight excluding hydrogens is 250 g/mol. The fraction of sp³-hybridized carbons (Fsp3) is 0.688. The van der Waals surface area contributed by atoms with E-state index in [0.29, 0.717) is 18.1 Å². The number of carbonyl (C=O) groups is 1. The van der Waals surface area contributed by atoms with Crippen LogP contribution in [0.5, 0.6) is 0 Å². The molecule has 20 heavy (non-hydrogen) atoms. The minimum atomic E-state index is 0.189. The quantitative estimate of drug-likeness (QED) is 0.917. The first-order valence-corrected chi connectivity index (χ1v) is 7.79. The minimum Gasteiger partial charge on any atom is -0.344 e. The van der Waals surface area contributed by atoms with Gasteiger partial charge in [0.25, 0.3) is 5.91 Å². The monoisotopic (exact) mass is 275 g/mol. The number of hydrogen-bond acceptors (Lipinski definition) is 2. The van der Waals surface area contributed by atoms with Gasteiger partial charge in [-0.15, -0.1) is 0 Å². The molecule has 2 atom stereocenters. The van der Waals surface area contributed by atoms with Gasteiger partial charge in [-0.25, -0.2) is 0 Å². The molecular formula is C16H25N3O. The van der Waals surface area contributed by atoms with Gasteiger partial charge in [0.1, 0.15) is 5.69 Å². The molecule has 4 nitrogen and oxygen atoms in total. The van der Waals surface area contributed by atoms with Gasteiger partial charge in [-0.1, -0.05) is 0 Å². The number of nitrogens with zero attached hydrogens (tertiary/aromatic N) is 2. The lowest BCUT2D eigenvalue weighted by molar-refractivity contribution is 0.0621. The molecule has 110 valence electrons. The Kier molecular flexibility index (Phi) is 3.59. The zero-order chi connectivity index (χ0) is 14.3. The Morgan fingerprint density at radius 2 is 2.00 bits per heavy atom. The Morgan fingerprint density at radius 3 is 2.50 bits per heavy atom. The largest absolute Gasteiger partial charge is 0.344 e. The van der Waals surface area contributed by atoms with Gasteiger partial charge in [0.05, 0.1) is 0 Å². The van der Waals surface area contributed by atoms with Crippen LogP contribution in [0.15, 0.2) is 12.1 Å². The Morgan fingerprint density at radius 1 is 1.35 bits per heavy atom. The van der Waals surface area contributed by atoms with E-state index in [2.05, 4.69) is 17.1 Å². The molecule has 0 saturated carbocycles. The third-order valence-electron chi connectivity index (χ3n) is 5.08. The Labute approximate surface area is 121 Å². The van der Waals surface area contributed by atoms with Crippen molar-refractivity contribution in [1.82, 2.24) is 14.8 Å². The van der Waals surface area contributed by atoms with Crippen LogP contribution in [-0.4, -0.2) is 40.0 Å². The average Bonchev–Trinajstić information content (AvgIpc) is 2.94. The van der Waals surface area contributed by atoms with E-state index >= 15 is 0 Å². The summed E-state index contributed by atoms with van der Waals surface area (Å²) in [7, 11) is 1.97. The highest BCUT2D eigenvalue weighted by Gasteiger charge is 2.37. The lowest BCUT2D eigenvalue weighted by Crippen LogP contribution is -2.50. The van der Waals surface area contributed by atoms with Crippen LogP contribution in [0.25, 0.3) is 0 Å². The first-order valence-electron chi connectivity index (χ1n) is 7.79. The molecule has 2 saturated heterocycles. The normalized spacial score (nSPS) is 28.6. The molecule has 3 heterocycles. The number of aryl methyl sites for hydroxylation is 1. The fourth-order valence-corrected chi connectivity index (χ4v) is 3.82. The Bertz CT molecular complexity index is 496. The van der Waals surface area contributed by atoms with Crippen molar-refractivity contribution in [3.05, 3.63) is 23.5 Å². The highest BCUT2D eigenvalue weighted by molar-refractivity contribution is 5.93. The molecule has 0 aromatic carbocycles. The lowest BCUT2D eigenvalue weighted by Gasteiger charge is -2.37. The maximum Gasteiger partial charge on any atom is 0.270 e. The third kappa shape index (κ3) is 2.26. The van der Waals surface area contributed by atoms with Crippen LogP contribution in [0.2, 0.25) is 0 Å². The molecule has 2 aliphatic rings. The number of amides is 1. The van der Waals surface area contributed by atoms with Crippen molar-refractivity contribution in [2.45, 2.75) is 57.7 Å². The number of carbonyl (C=O) groups excluding carboxylic acids is 1. The minimum absolute atomic E-state index is 0.189. The second-order valence-electron chi connectivity index (χ2n) is 6.27. The van der Waals surface area contributed by atoms with Gasteiger partial charge in [0.15, 0.2) is 0 Å². The number of piperidine rings is 1. The molecule has 0 spiro atoms. The first-order chi connectivity index (χ1) is 9.60. The molecule has 2 aliphatic heterocycles. The summed E-state index contributed by atoms with van der Waals surface area (Å²) in [6.45, 7) is 4.93. The summed E-state index contributed by atoms with van der Waals surface area (Å²) in [5, 5.41) is 3.65. The second-order valence-corrected chi connectivity index (χ2v) is 6.27. The van der Waals surface area contributed by atoms with E-state index in [9.17, 15) is 4.79 Å². The number of aromatic nitrogens is 1. The lowest BCUT2D eigenvalue weighted by atomic mass is 9.98. The highest BCUT2D eigenvalue weighted by Crippen LogP contribution is 2.30. The molecule has 2 bridgehead atoms. The maximum atomic E-state index is 12.8. The van der Waals surface area contributed by atoms with Crippen molar-refractivity contribution >= 4 is 5.91 Å². The van der Waals surface area contributed by atoms with Crippen LogP contribution in [0.3, 0.4) is 0 Å². The van der Waals surface area contributed by atoms with Crippen LogP contribution in [0.1, 0.15) is 48.8 Å². The van der Waals surface area contributed by atoms with Crippen molar-refractivity contribution in [1.29, 1.82) is 0 Å². The topological polar surface area (TPSA) is 37.3 Å². The fourth-order valence-electron chi connectivity index (χ4n) is 3.82. The van der Waals surface area contributed by atoms with Crippen LogP contribution < -0.4 is 5.32 Å². The van der Waals surface area contributed by atoms with Gasteiger partial charge in [0, 0.05) is 37.4 Å². The predicted octanol–water partition coefficient (Wildman–Crippen LogP) is 2.08. The molecule has 0 radical (unpaired) electrons. The third-order valence-corrected chi connectivity index (χ3v) is 5.08. The zero-order valence-electron chi connectivity index (χ0n) is 12.7. The average molecular weight is 275 g/mol. The smallest absolute Gasteiger partial charge is 0.270 e. The molecule has 2 unspecified atom stereocenters. The summed E-state index contributed by atoms with van der Waals surface area (Å²) in [4.78, 5) is 14.9. The summed E-state index contributed by atoms with van der Waals surface area (Å²) < 4.78 is 2.00. The summed E-state index contributed by atoms with van der Waals surface area (Å²) in [5.41, 5.74) is 1.95. The zero-order valence-corrected chi connectivity index (χ0v) is 12.7. The Hall–Kier alpha value is -1.29. The molecule has 4 heteroatoms. The summed E-state index contributed by atoms with van der Waals surface area (Å²) in [5.74, 6) is 0.189. The van der Waals surface area contributed by atoms with E-state index in [-0.39, 0.29) is 5.91 Å². The van der Waals surface area contributed by atoms with Gasteiger partial charge in [-0.05, 0) is 51.7 Å². The van der Waals surface area contributed by atoms with Gasteiger partial charge >= 0.3 is 0 Å². The molecule has 1 N–H and O–H groups in total. The SMILES string of the molecule is CCN(C(=O)c1ccc(C)n1C)C1CC2CCC(C1)N2. The van der Waals surface area contributed by atoms with Crippen LogP contribution in [0.4, 0.5) is 0 Å². The predicted molar refractivity (Wildman–Crippen MR) is 79.8 cm³/mol. The standard InChI is InChI=1S/C16H25N3O/c1-4-19(14-9-12-6-7-13(10-14)17-12)16(20)15-8-5-11(2)18(15)3/h5,8,12-14,17H,4,6-7,9-10H2,1-3H3. The van der Waals surface area contributed by atoms with Gasteiger partial charge in [-0.2, -0.15) is 0 Å². The van der Waals surface area contributed by atoms with Gasteiger partial charge in [-0.3, -0.25) is 4.79 Å². The highest BCUT2D eigenvalue weighted by atomic mass is 16.2. The summed E-state index contributed by atoms with van der Waals surface area (Å²) in [6.07, 6.45) is 4.77. The molecule has 0 aliphatic carbocycles. The number of hydrogen-bond donors (Lipinski definition) is 1. The van der Waals surface area contributed by atoms with Crippen LogP contribution in [-0.2, 0) is 7.05 Å². The van der Waals surface area contributed by atoms with E-state index in [0.717, 1.165) is 30.8 Å². The molecule has 2 fully saturated rings. The van der Waals surface area contributed by atoms with E-state index in [1.54, 1.807) is 0 Å². The van der Waals surface area contributed by atoms with Crippen LogP contribution in [0, 0.1) is 6.92 Å². The van der Waals surface area contributed by atoms with Crippen molar-refractivity contribution in [3.8, 4) is 0 Å². The first kappa shape index (κ1) is 13.7. The molecule has 3 rings (SSSR count). The van der Waals surface area contributed by atoms with Crippen molar-refractivity contribution in [2.24, 2.45) is 7.05 Å². The van der Waals surface area contributed by atoms with Crippen molar-refractivity contribution < 1.29 is 4.79 Å². The van der Waals surface area contributed by atoms with Crippen molar-refractivity contribution in [2.75, 3.05) is 6.54 Å². The maximum absolute atomic E-state index is 12.8. The number of rotatable bonds is 3. The summed E-state index contributed by atoms with van der Waals surface area (Å²) in [6, 6.07) is 5.62. The van der Waals surface area contributed by atoms with E-state index in [1.807, 2.05) is 30.7 Å². The number of nitrogens with one attached hydrogen (secondary N) is 1. The Balaban J connectivity index is 1.79. The van der Waals surface area contributed by atoms with E-state index < -0.39 is 0 Å². The second kappa shape index (κ2) is 5.24. The summed E-state index contributed by atoms with van der Waals surface area (Å²) >= 11 is 0. The molecule has 1 aromatic rings. The van der Waals surface area contributed by atoms with Gasteiger partial charge < -0.3 is 14.8 Å². The van der Waals surface area contributed by atoms with Gasteiger partial charge in [0.2, 0.25) is 0 Å². The van der Waals surface area contributed by atoms with Crippen LogP contribution >= 0.6 is 0 Å². The molecule has 1 amide bonds. The van der Waals surface area contributed by atoms with E-state index in [4.69, 9.17) is 0 Å². The number of fused-ring (bicyclic) bond motifs is 2. The van der Waals surface area contributed by atoms with Crippen molar-refractivity contribution in [3.63, 3.8) is 0 Å². The molecule has 1 aromatic heterocycles. The van der Waals surface area contributed by atoms with E-state index in [1.165, 1.54) is 12.8 Å².